The van der Waals surface area contributed by atoms with Gasteiger partial charge in [-0.2, -0.15) is 0 Å². The fraction of sp³-hybridized carbons (Fsp3) is 0.217. The molecule has 4 rings (SSSR count). The highest BCUT2D eigenvalue weighted by atomic mass is 19.1. The lowest BCUT2D eigenvalue weighted by Crippen LogP contribution is -2.53. The predicted octanol–water partition coefficient (Wildman–Crippen LogP) is 4.59. The van der Waals surface area contributed by atoms with Crippen molar-refractivity contribution < 1.29 is 27.4 Å². The van der Waals surface area contributed by atoms with Crippen LogP contribution in [-0.2, 0) is 0 Å². The van der Waals surface area contributed by atoms with Gasteiger partial charge < -0.3 is 20.1 Å². The smallest absolute Gasteiger partial charge is 0.274 e. The third kappa shape index (κ3) is 4.93. The first kappa shape index (κ1) is 21.5. The second-order valence-corrected chi connectivity index (χ2v) is 7.30. The summed E-state index contributed by atoms with van der Waals surface area (Å²) in [7, 11) is 1.41. The van der Waals surface area contributed by atoms with Gasteiger partial charge in [0.1, 0.15) is 40.9 Å². The molecule has 2 unspecified atom stereocenters. The van der Waals surface area contributed by atoms with Crippen molar-refractivity contribution in [2.75, 3.05) is 12.4 Å². The monoisotopic (exact) mass is 443 g/mol. The number of methoxy groups -OCH3 is 1. The number of carbonyl (C=O) groups excluding carboxylic acids is 1. The summed E-state index contributed by atoms with van der Waals surface area (Å²) in [6.07, 6.45) is 1.19. The van der Waals surface area contributed by atoms with Gasteiger partial charge in [-0.3, -0.25) is 4.79 Å². The van der Waals surface area contributed by atoms with Gasteiger partial charge in [0, 0.05) is 11.8 Å². The molecule has 1 aliphatic rings. The maximum absolute atomic E-state index is 13.4. The van der Waals surface area contributed by atoms with Crippen LogP contribution in [0, 0.1) is 17.5 Å². The Morgan fingerprint density at radius 1 is 0.969 bits per heavy atom. The number of hydrogen-bond donors (Lipinski definition) is 2. The van der Waals surface area contributed by atoms with Crippen LogP contribution < -0.4 is 20.1 Å². The Balaban J connectivity index is 1.46. The molecule has 1 aromatic heterocycles. The Morgan fingerprint density at radius 2 is 1.69 bits per heavy atom. The molecule has 0 bridgehead atoms. The van der Waals surface area contributed by atoms with E-state index < -0.39 is 17.5 Å². The van der Waals surface area contributed by atoms with Gasteiger partial charge in [-0.1, -0.05) is 0 Å². The number of carbonyl (C=O) groups is 1. The van der Waals surface area contributed by atoms with Gasteiger partial charge in [0.05, 0.1) is 13.2 Å². The van der Waals surface area contributed by atoms with Crippen molar-refractivity contribution in [1.82, 2.24) is 10.3 Å². The molecule has 1 aliphatic carbocycles. The fourth-order valence-corrected chi connectivity index (χ4v) is 3.32. The van der Waals surface area contributed by atoms with E-state index in [1.54, 1.807) is 0 Å². The number of rotatable bonds is 7. The maximum Gasteiger partial charge on any atom is 0.274 e. The number of aromatic nitrogens is 1. The Hall–Kier alpha value is -3.75. The highest BCUT2D eigenvalue weighted by Crippen LogP contribution is 2.28. The SMILES string of the molecule is COc1ccc(Nc2cc(F)cc(F)c2)nc1C(=O)NC1CCC1Oc1ccc(F)cc1. The predicted molar refractivity (Wildman–Crippen MR) is 112 cm³/mol. The Bertz CT molecular complexity index is 1100. The second kappa shape index (κ2) is 9.17. The maximum atomic E-state index is 13.4. The van der Waals surface area contributed by atoms with Crippen LogP contribution in [0.2, 0.25) is 0 Å². The number of halogens is 3. The molecule has 32 heavy (non-hydrogen) atoms. The minimum Gasteiger partial charge on any atom is -0.494 e. The first-order chi connectivity index (χ1) is 15.4. The molecule has 0 radical (unpaired) electrons. The molecule has 2 N–H and O–H groups in total. The van der Waals surface area contributed by atoms with Crippen LogP contribution in [-0.4, -0.2) is 30.1 Å². The van der Waals surface area contributed by atoms with Gasteiger partial charge >= 0.3 is 0 Å². The average molecular weight is 443 g/mol. The van der Waals surface area contributed by atoms with Crippen molar-refractivity contribution in [3.8, 4) is 11.5 Å². The molecule has 1 amide bonds. The molecule has 0 aliphatic heterocycles. The van der Waals surface area contributed by atoms with Crippen LogP contribution in [0.3, 0.4) is 0 Å². The van der Waals surface area contributed by atoms with Crippen molar-refractivity contribution in [2.45, 2.75) is 25.0 Å². The van der Waals surface area contributed by atoms with Crippen LogP contribution in [0.5, 0.6) is 11.5 Å². The number of amides is 1. The number of pyridine rings is 1. The van der Waals surface area contributed by atoms with Gasteiger partial charge in [0.25, 0.3) is 5.91 Å². The van der Waals surface area contributed by atoms with E-state index in [1.807, 2.05) is 0 Å². The normalized spacial score (nSPS) is 17.2. The van der Waals surface area contributed by atoms with E-state index in [-0.39, 0.29) is 40.9 Å². The minimum absolute atomic E-state index is 0.0156. The number of nitrogens with one attached hydrogen (secondary N) is 2. The molecule has 0 saturated heterocycles. The van der Waals surface area contributed by atoms with Crippen molar-refractivity contribution in [2.24, 2.45) is 0 Å². The van der Waals surface area contributed by atoms with Crippen molar-refractivity contribution in [3.05, 3.63) is 77.7 Å². The average Bonchev–Trinajstić information content (AvgIpc) is 2.75. The summed E-state index contributed by atoms with van der Waals surface area (Å²) < 4.78 is 51.0. The van der Waals surface area contributed by atoms with Crippen LogP contribution in [0.25, 0.3) is 0 Å². The van der Waals surface area contributed by atoms with Crippen LogP contribution in [0.1, 0.15) is 23.3 Å². The quantitative estimate of drug-likeness (QED) is 0.559. The third-order valence-corrected chi connectivity index (χ3v) is 5.06. The molecule has 2 aromatic carbocycles. The highest BCUT2D eigenvalue weighted by molar-refractivity contribution is 5.95. The van der Waals surface area contributed by atoms with Gasteiger partial charge in [0.15, 0.2) is 5.69 Å². The Kier molecular flexibility index (Phi) is 6.16. The molecular formula is C23H20F3N3O3. The molecule has 2 atom stereocenters. The van der Waals surface area contributed by atoms with E-state index in [9.17, 15) is 18.0 Å². The van der Waals surface area contributed by atoms with Crippen molar-refractivity contribution in [3.63, 3.8) is 0 Å². The summed E-state index contributed by atoms with van der Waals surface area (Å²) in [5.74, 6) is -1.34. The molecule has 3 aromatic rings. The minimum atomic E-state index is -0.740. The Morgan fingerprint density at radius 3 is 2.31 bits per heavy atom. The highest BCUT2D eigenvalue weighted by Gasteiger charge is 2.35. The molecule has 1 heterocycles. The first-order valence-corrected chi connectivity index (χ1v) is 9.92. The number of benzene rings is 2. The first-order valence-electron chi connectivity index (χ1n) is 9.92. The number of nitrogens with zero attached hydrogens (tertiary/aromatic N) is 1. The zero-order chi connectivity index (χ0) is 22.7. The largest absolute Gasteiger partial charge is 0.494 e. The van der Waals surface area contributed by atoms with Crippen molar-refractivity contribution in [1.29, 1.82) is 0 Å². The van der Waals surface area contributed by atoms with Crippen LogP contribution in [0.15, 0.2) is 54.6 Å². The summed E-state index contributed by atoms with van der Waals surface area (Å²) in [5, 5.41) is 5.65. The topological polar surface area (TPSA) is 72.5 Å². The van der Waals surface area contributed by atoms with Gasteiger partial charge in [-0.25, -0.2) is 18.2 Å². The van der Waals surface area contributed by atoms with E-state index in [0.29, 0.717) is 12.2 Å². The lowest BCUT2D eigenvalue weighted by molar-refractivity contribution is 0.0599. The lowest BCUT2D eigenvalue weighted by Gasteiger charge is -2.37. The van der Waals surface area contributed by atoms with E-state index in [0.717, 1.165) is 24.6 Å². The number of hydrogen-bond acceptors (Lipinski definition) is 5. The summed E-state index contributed by atoms with van der Waals surface area (Å²) in [6, 6.07) is 11.5. The summed E-state index contributed by atoms with van der Waals surface area (Å²) in [6.45, 7) is 0. The number of anilines is 2. The van der Waals surface area contributed by atoms with E-state index >= 15 is 0 Å². The van der Waals surface area contributed by atoms with Gasteiger partial charge in [-0.15, -0.1) is 0 Å². The molecule has 0 spiro atoms. The zero-order valence-corrected chi connectivity index (χ0v) is 17.1. The van der Waals surface area contributed by atoms with Gasteiger partial charge in [0.2, 0.25) is 0 Å². The second-order valence-electron chi connectivity index (χ2n) is 7.30. The third-order valence-electron chi connectivity index (χ3n) is 5.06. The van der Waals surface area contributed by atoms with Crippen LogP contribution >= 0.6 is 0 Å². The molecule has 166 valence electrons. The fourth-order valence-electron chi connectivity index (χ4n) is 3.32. The van der Waals surface area contributed by atoms with Crippen molar-refractivity contribution >= 4 is 17.4 Å². The Labute approximate surface area is 182 Å². The summed E-state index contributed by atoms with van der Waals surface area (Å²) in [4.78, 5) is 17.1. The standard InChI is InChI=1S/C23H20F3N3O3/c1-31-20-8-9-21(27-16-11-14(25)10-15(26)12-16)29-22(20)23(30)28-18-6-7-19(18)32-17-4-2-13(24)3-5-17/h2-5,8-12,18-19H,6-7H2,1H3,(H,27,29)(H,28,30). The van der Waals surface area contributed by atoms with E-state index in [2.05, 4.69) is 15.6 Å². The zero-order valence-electron chi connectivity index (χ0n) is 17.1. The number of ether oxygens (including phenoxy) is 2. The molecular weight excluding hydrogens is 423 g/mol. The van der Waals surface area contributed by atoms with E-state index in [1.165, 1.54) is 43.5 Å². The molecule has 6 nitrogen and oxygen atoms in total. The molecule has 1 fully saturated rings. The molecule has 9 heteroatoms. The lowest BCUT2D eigenvalue weighted by atomic mass is 9.88. The summed E-state index contributed by atoms with van der Waals surface area (Å²) in [5.41, 5.74) is 0.167. The molecule has 1 saturated carbocycles. The van der Waals surface area contributed by atoms with E-state index in [4.69, 9.17) is 9.47 Å². The summed E-state index contributed by atoms with van der Waals surface area (Å²) >= 11 is 0. The van der Waals surface area contributed by atoms with Crippen LogP contribution in [0.4, 0.5) is 24.7 Å². The van der Waals surface area contributed by atoms with Gasteiger partial charge in [-0.05, 0) is 61.4 Å².